The van der Waals surface area contributed by atoms with Gasteiger partial charge in [-0.2, -0.15) is 0 Å². The lowest BCUT2D eigenvalue weighted by Crippen LogP contribution is -2.28. The van der Waals surface area contributed by atoms with Crippen LogP contribution in [0.3, 0.4) is 0 Å². The summed E-state index contributed by atoms with van der Waals surface area (Å²) in [6.07, 6.45) is 1.80. The molecule has 4 nitrogen and oxygen atoms in total. The van der Waals surface area contributed by atoms with E-state index in [0.717, 1.165) is 23.7 Å². The Kier molecular flexibility index (Phi) is 5.42. The zero-order valence-corrected chi connectivity index (χ0v) is 10.5. The molecular formula is C11H18N2O2S. The number of carboxylic acid groups (broad SMARTS) is 1. The van der Waals surface area contributed by atoms with Crippen molar-refractivity contribution >= 4 is 17.3 Å². The van der Waals surface area contributed by atoms with Crippen LogP contribution < -0.4 is 5.32 Å². The van der Waals surface area contributed by atoms with Gasteiger partial charge in [-0.05, 0) is 20.3 Å². The van der Waals surface area contributed by atoms with Crippen molar-refractivity contribution in [3.8, 4) is 0 Å². The van der Waals surface area contributed by atoms with E-state index < -0.39 is 5.97 Å². The van der Waals surface area contributed by atoms with E-state index in [-0.39, 0.29) is 12.5 Å². The number of nitrogens with one attached hydrogen (secondary N) is 1. The smallest absolute Gasteiger partial charge is 0.303 e. The van der Waals surface area contributed by atoms with Crippen molar-refractivity contribution in [1.82, 2.24) is 10.3 Å². The van der Waals surface area contributed by atoms with Gasteiger partial charge in [-0.1, -0.05) is 0 Å². The summed E-state index contributed by atoms with van der Waals surface area (Å²) in [4.78, 5) is 14.7. The molecule has 1 atom stereocenters. The van der Waals surface area contributed by atoms with Crippen molar-refractivity contribution in [2.45, 2.75) is 39.2 Å². The molecule has 1 aromatic heterocycles. The first-order valence-electron chi connectivity index (χ1n) is 5.44. The molecule has 0 aliphatic carbocycles. The molecule has 5 heteroatoms. The first kappa shape index (κ1) is 13.1. The van der Waals surface area contributed by atoms with Gasteiger partial charge in [-0.25, -0.2) is 4.98 Å². The highest BCUT2D eigenvalue weighted by molar-refractivity contribution is 7.09. The molecule has 90 valence electrons. The number of rotatable bonds is 7. The fourth-order valence-electron chi connectivity index (χ4n) is 1.41. The van der Waals surface area contributed by atoms with Crippen LogP contribution in [0, 0.1) is 6.92 Å². The molecule has 0 aliphatic rings. The topological polar surface area (TPSA) is 62.2 Å². The van der Waals surface area contributed by atoms with Gasteiger partial charge in [0.05, 0.1) is 10.7 Å². The van der Waals surface area contributed by atoms with Crippen LogP contribution in [0.1, 0.15) is 30.5 Å². The molecule has 0 radical (unpaired) electrons. The van der Waals surface area contributed by atoms with Gasteiger partial charge in [0.2, 0.25) is 0 Å². The highest BCUT2D eigenvalue weighted by Gasteiger charge is 2.05. The first-order chi connectivity index (χ1) is 7.58. The Morgan fingerprint density at radius 3 is 3.00 bits per heavy atom. The second kappa shape index (κ2) is 6.60. The molecule has 0 spiro atoms. The van der Waals surface area contributed by atoms with Crippen molar-refractivity contribution in [2.24, 2.45) is 0 Å². The van der Waals surface area contributed by atoms with Crippen molar-refractivity contribution in [2.75, 3.05) is 6.54 Å². The Labute approximate surface area is 99.7 Å². The number of nitrogens with zero attached hydrogens (tertiary/aromatic N) is 1. The number of thiazole rings is 1. The molecular weight excluding hydrogens is 224 g/mol. The van der Waals surface area contributed by atoms with Gasteiger partial charge in [0.25, 0.3) is 0 Å². The average molecular weight is 242 g/mol. The van der Waals surface area contributed by atoms with E-state index in [1.165, 1.54) is 0 Å². The summed E-state index contributed by atoms with van der Waals surface area (Å²) in [7, 11) is 0. The number of carbonyl (C=O) groups is 1. The molecule has 1 aromatic rings. The molecule has 1 rings (SSSR count). The molecule has 16 heavy (non-hydrogen) atoms. The Hall–Kier alpha value is -0.940. The minimum Gasteiger partial charge on any atom is -0.481 e. The minimum atomic E-state index is -0.733. The monoisotopic (exact) mass is 242 g/mol. The predicted octanol–water partition coefficient (Wildman–Crippen LogP) is 1.84. The average Bonchev–Trinajstić information content (AvgIpc) is 2.61. The van der Waals surface area contributed by atoms with Gasteiger partial charge in [-0.15, -0.1) is 11.3 Å². The summed E-state index contributed by atoms with van der Waals surface area (Å²) in [6.45, 7) is 4.86. The summed E-state index contributed by atoms with van der Waals surface area (Å²) in [5, 5.41) is 15.0. The standard InChI is InChI=1S/C11H18N2O2S/c1-8(3-4-11(14)15)12-6-5-10-7-16-9(2)13-10/h7-8,12H,3-6H2,1-2H3,(H,14,15). The number of aryl methyl sites for hydroxylation is 1. The lowest BCUT2D eigenvalue weighted by molar-refractivity contribution is -0.137. The maximum Gasteiger partial charge on any atom is 0.303 e. The Morgan fingerprint density at radius 2 is 2.44 bits per heavy atom. The molecule has 1 heterocycles. The lowest BCUT2D eigenvalue weighted by atomic mass is 10.2. The van der Waals surface area contributed by atoms with E-state index in [4.69, 9.17) is 5.11 Å². The van der Waals surface area contributed by atoms with Crippen LogP contribution >= 0.6 is 11.3 Å². The largest absolute Gasteiger partial charge is 0.481 e. The fraction of sp³-hybridized carbons (Fsp3) is 0.636. The van der Waals surface area contributed by atoms with Gasteiger partial charge in [-0.3, -0.25) is 4.79 Å². The maximum atomic E-state index is 10.4. The molecule has 0 saturated carbocycles. The summed E-state index contributed by atoms with van der Waals surface area (Å²) < 4.78 is 0. The maximum absolute atomic E-state index is 10.4. The molecule has 2 N–H and O–H groups in total. The number of aliphatic carboxylic acids is 1. The summed E-state index contributed by atoms with van der Waals surface area (Å²) in [6, 6.07) is 0.246. The van der Waals surface area contributed by atoms with Crippen LogP contribution in [0.4, 0.5) is 0 Å². The Morgan fingerprint density at radius 1 is 1.69 bits per heavy atom. The third-order valence-corrected chi connectivity index (χ3v) is 3.15. The number of hydrogen-bond acceptors (Lipinski definition) is 4. The molecule has 0 bridgehead atoms. The van der Waals surface area contributed by atoms with Crippen LogP contribution in [-0.4, -0.2) is 28.6 Å². The molecule has 0 amide bonds. The summed E-state index contributed by atoms with van der Waals surface area (Å²) >= 11 is 1.66. The van der Waals surface area contributed by atoms with Gasteiger partial charge >= 0.3 is 5.97 Å². The fourth-order valence-corrected chi connectivity index (χ4v) is 2.06. The normalized spacial score (nSPS) is 12.6. The zero-order valence-electron chi connectivity index (χ0n) is 9.69. The van der Waals surface area contributed by atoms with E-state index in [1.54, 1.807) is 11.3 Å². The van der Waals surface area contributed by atoms with E-state index in [0.29, 0.717) is 6.42 Å². The minimum absolute atomic E-state index is 0.226. The van der Waals surface area contributed by atoms with Crippen LogP contribution in [-0.2, 0) is 11.2 Å². The first-order valence-corrected chi connectivity index (χ1v) is 6.32. The van der Waals surface area contributed by atoms with Gasteiger partial charge in [0.15, 0.2) is 0 Å². The van der Waals surface area contributed by atoms with E-state index in [2.05, 4.69) is 15.7 Å². The second-order valence-electron chi connectivity index (χ2n) is 3.90. The highest BCUT2D eigenvalue weighted by atomic mass is 32.1. The predicted molar refractivity (Wildman–Crippen MR) is 64.9 cm³/mol. The van der Waals surface area contributed by atoms with Crippen LogP contribution in [0.25, 0.3) is 0 Å². The van der Waals surface area contributed by atoms with Gasteiger partial charge in [0, 0.05) is 30.8 Å². The zero-order chi connectivity index (χ0) is 12.0. The summed E-state index contributed by atoms with van der Waals surface area (Å²) in [5.74, 6) is -0.733. The number of hydrogen-bond donors (Lipinski definition) is 2. The number of aromatic nitrogens is 1. The van der Waals surface area contributed by atoms with E-state index in [1.807, 2.05) is 13.8 Å². The van der Waals surface area contributed by atoms with E-state index in [9.17, 15) is 4.79 Å². The van der Waals surface area contributed by atoms with Crippen LogP contribution in [0.15, 0.2) is 5.38 Å². The Balaban J connectivity index is 2.13. The van der Waals surface area contributed by atoms with Crippen LogP contribution in [0.5, 0.6) is 0 Å². The third kappa shape index (κ3) is 5.23. The molecule has 0 fully saturated rings. The van der Waals surface area contributed by atoms with Crippen LogP contribution in [0.2, 0.25) is 0 Å². The van der Waals surface area contributed by atoms with Crippen molar-refractivity contribution in [1.29, 1.82) is 0 Å². The van der Waals surface area contributed by atoms with Gasteiger partial charge in [0.1, 0.15) is 0 Å². The van der Waals surface area contributed by atoms with Gasteiger partial charge < -0.3 is 10.4 Å². The molecule has 0 aromatic carbocycles. The van der Waals surface area contributed by atoms with Crippen molar-refractivity contribution < 1.29 is 9.90 Å². The van der Waals surface area contributed by atoms with Crippen molar-refractivity contribution in [3.05, 3.63) is 16.1 Å². The number of carboxylic acids is 1. The lowest BCUT2D eigenvalue weighted by Gasteiger charge is -2.11. The molecule has 0 saturated heterocycles. The summed E-state index contributed by atoms with van der Waals surface area (Å²) in [5.41, 5.74) is 1.11. The quantitative estimate of drug-likeness (QED) is 0.766. The second-order valence-corrected chi connectivity index (χ2v) is 4.96. The Bertz CT molecular complexity index is 338. The molecule has 0 aliphatic heterocycles. The SMILES string of the molecule is Cc1nc(CCNC(C)CCC(=O)O)cs1. The van der Waals surface area contributed by atoms with E-state index >= 15 is 0 Å². The van der Waals surface area contributed by atoms with Crippen molar-refractivity contribution in [3.63, 3.8) is 0 Å². The third-order valence-electron chi connectivity index (χ3n) is 2.33. The highest BCUT2D eigenvalue weighted by Crippen LogP contribution is 2.08. The molecule has 1 unspecified atom stereocenters.